The molecule has 0 saturated carbocycles. The van der Waals surface area contributed by atoms with Gasteiger partial charge in [0.25, 0.3) is 0 Å². The van der Waals surface area contributed by atoms with Gasteiger partial charge in [-0.1, -0.05) is 0 Å². The Balaban J connectivity index is 2.29. The van der Waals surface area contributed by atoms with E-state index in [2.05, 4.69) is 10.6 Å². The first-order valence-electron chi connectivity index (χ1n) is 3.93. The van der Waals surface area contributed by atoms with E-state index in [1.807, 2.05) is 0 Å². The summed E-state index contributed by atoms with van der Waals surface area (Å²) in [6.45, 7) is 0.544. The quantitative estimate of drug-likeness (QED) is 0.507. The Bertz CT molecular complexity index is 193. The predicted molar refractivity (Wildman–Crippen MR) is 41.7 cm³/mol. The largest absolute Gasteiger partial charge is 0.480 e. The minimum absolute atomic E-state index is 0.0949. The zero-order valence-corrected chi connectivity index (χ0v) is 6.67. The van der Waals surface area contributed by atoms with Crippen molar-refractivity contribution in [2.24, 2.45) is 0 Å². The Kier molecular flexibility index (Phi) is 3.04. The molecule has 0 aliphatic carbocycles. The zero-order valence-electron chi connectivity index (χ0n) is 6.67. The SMILES string of the molecule is O=C(O)CNC1CCCNC1=O. The van der Waals surface area contributed by atoms with E-state index in [0.29, 0.717) is 6.54 Å². The maximum Gasteiger partial charge on any atom is 0.317 e. The summed E-state index contributed by atoms with van der Waals surface area (Å²) in [6.07, 6.45) is 1.63. The number of carbonyl (C=O) groups excluding carboxylic acids is 1. The first-order valence-corrected chi connectivity index (χ1v) is 3.93. The molecule has 1 unspecified atom stereocenters. The molecule has 0 spiro atoms. The van der Waals surface area contributed by atoms with Crippen molar-refractivity contribution < 1.29 is 14.7 Å². The highest BCUT2D eigenvalue weighted by Gasteiger charge is 2.21. The Morgan fingerprint density at radius 3 is 3.08 bits per heavy atom. The van der Waals surface area contributed by atoms with E-state index in [0.717, 1.165) is 12.8 Å². The van der Waals surface area contributed by atoms with Crippen LogP contribution in [0.15, 0.2) is 0 Å². The molecule has 0 aromatic heterocycles. The van der Waals surface area contributed by atoms with Crippen LogP contribution in [0.5, 0.6) is 0 Å². The number of rotatable bonds is 3. The van der Waals surface area contributed by atoms with Gasteiger partial charge in [-0.25, -0.2) is 0 Å². The number of aliphatic carboxylic acids is 1. The second-order valence-electron chi connectivity index (χ2n) is 2.76. The van der Waals surface area contributed by atoms with Gasteiger partial charge in [-0.3, -0.25) is 14.9 Å². The Hall–Kier alpha value is -1.10. The van der Waals surface area contributed by atoms with Crippen LogP contribution in [0.1, 0.15) is 12.8 Å². The van der Waals surface area contributed by atoms with Crippen molar-refractivity contribution in [3.05, 3.63) is 0 Å². The smallest absolute Gasteiger partial charge is 0.317 e. The van der Waals surface area contributed by atoms with Crippen LogP contribution >= 0.6 is 0 Å². The molecule has 1 aliphatic heterocycles. The minimum Gasteiger partial charge on any atom is -0.480 e. The average Bonchev–Trinajstić information content (AvgIpc) is 2.03. The van der Waals surface area contributed by atoms with E-state index in [-0.39, 0.29) is 18.5 Å². The monoisotopic (exact) mass is 172 g/mol. The number of carboxylic acids is 1. The van der Waals surface area contributed by atoms with Crippen LogP contribution in [0.4, 0.5) is 0 Å². The lowest BCUT2D eigenvalue weighted by Gasteiger charge is -2.21. The summed E-state index contributed by atoms with van der Waals surface area (Å²) < 4.78 is 0. The Labute approximate surface area is 70.1 Å². The third-order valence-corrected chi connectivity index (χ3v) is 1.78. The number of carboxylic acid groups (broad SMARTS) is 1. The molecular formula is C7H12N2O3. The van der Waals surface area contributed by atoms with Gasteiger partial charge in [0.05, 0.1) is 12.6 Å². The number of amides is 1. The highest BCUT2D eigenvalue weighted by atomic mass is 16.4. The molecule has 1 aliphatic rings. The summed E-state index contributed by atoms with van der Waals surface area (Å²) in [5.74, 6) is -1.03. The molecule has 1 heterocycles. The number of nitrogens with one attached hydrogen (secondary N) is 2. The van der Waals surface area contributed by atoms with Crippen LogP contribution in [-0.4, -0.2) is 36.1 Å². The van der Waals surface area contributed by atoms with E-state index in [1.165, 1.54) is 0 Å². The molecule has 0 bridgehead atoms. The van der Waals surface area contributed by atoms with Crippen molar-refractivity contribution in [3.63, 3.8) is 0 Å². The molecule has 1 rings (SSSR count). The van der Waals surface area contributed by atoms with Crippen molar-refractivity contribution in [2.75, 3.05) is 13.1 Å². The van der Waals surface area contributed by atoms with Gasteiger partial charge in [-0.05, 0) is 12.8 Å². The third kappa shape index (κ3) is 2.50. The number of hydrogen-bond acceptors (Lipinski definition) is 3. The van der Waals surface area contributed by atoms with Gasteiger partial charge in [0, 0.05) is 6.54 Å². The molecule has 1 amide bonds. The summed E-state index contributed by atoms with van der Waals surface area (Å²) in [6, 6.07) is -0.324. The summed E-state index contributed by atoms with van der Waals surface area (Å²) >= 11 is 0. The van der Waals surface area contributed by atoms with E-state index in [9.17, 15) is 9.59 Å². The summed E-state index contributed by atoms with van der Waals surface area (Å²) in [7, 11) is 0. The van der Waals surface area contributed by atoms with Gasteiger partial charge in [0.1, 0.15) is 0 Å². The van der Waals surface area contributed by atoms with Crippen LogP contribution < -0.4 is 10.6 Å². The molecule has 0 aromatic carbocycles. The highest BCUT2D eigenvalue weighted by Crippen LogP contribution is 2.01. The van der Waals surface area contributed by atoms with Gasteiger partial charge in [-0.15, -0.1) is 0 Å². The van der Waals surface area contributed by atoms with Crippen LogP contribution in [0, 0.1) is 0 Å². The summed E-state index contributed by atoms with van der Waals surface area (Å²) in [5, 5.41) is 13.7. The molecule has 0 radical (unpaired) electrons. The first kappa shape index (κ1) is 8.99. The molecule has 5 nitrogen and oxygen atoms in total. The molecule has 1 atom stereocenters. The van der Waals surface area contributed by atoms with Crippen molar-refractivity contribution in [1.29, 1.82) is 0 Å². The fourth-order valence-corrected chi connectivity index (χ4v) is 1.18. The zero-order chi connectivity index (χ0) is 8.97. The standard InChI is InChI=1S/C7H12N2O3/c10-6(11)4-9-5-2-1-3-8-7(5)12/h5,9H,1-4H2,(H,8,12)(H,10,11). The second-order valence-corrected chi connectivity index (χ2v) is 2.76. The summed E-state index contributed by atoms with van der Waals surface area (Å²) in [4.78, 5) is 21.2. The molecule has 1 saturated heterocycles. The fourth-order valence-electron chi connectivity index (χ4n) is 1.18. The topological polar surface area (TPSA) is 78.4 Å². The van der Waals surface area contributed by atoms with Crippen LogP contribution in [0.2, 0.25) is 0 Å². The van der Waals surface area contributed by atoms with Gasteiger partial charge in [-0.2, -0.15) is 0 Å². The first-order chi connectivity index (χ1) is 5.70. The highest BCUT2D eigenvalue weighted by molar-refractivity contribution is 5.83. The van der Waals surface area contributed by atoms with Crippen molar-refractivity contribution >= 4 is 11.9 Å². The van der Waals surface area contributed by atoms with Crippen LogP contribution in [0.25, 0.3) is 0 Å². The Morgan fingerprint density at radius 2 is 2.50 bits per heavy atom. The molecule has 1 fully saturated rings. The average molecular weight is 172 g/mol. The van der Waals surface area contributed by atoms with Gasteiger partial charge in [0.15, 0.2) is 0 Å². The number of carbonyl (C=O) groups is 2. The summed E-state index contributed by atoms with van der Waals surface area (Å²) in [5.41, 5.74) is 0. The molecule has 12 heavy (non-hydrogen) atoms. The maximum atomic E-state index is 11.0. The van der Waals surface area contributed by atoms with Crippen molar-refractivity contribution in [1.82, 2.24) is 10.6 Å². The van der Waals surface area contributed by atoms with E-state index in [4.69, 9.17) is 5.11 Å². The normalized spacial score (nSPS) is 23.3. The second kappa shape index (κ2) is 4.06. The van der Waals surface area contributed by atoms with Crippen molar-refractivity contribution in [3.8, 4) is 0 Å². The van der Waals surface area contributed by atoms with E-state index >= 15 is 0 Å². The molecule has 68 valence electrons. The van der Waals surface area contributed by atoms with E-state index < -0.39 is 5.97 Å². The van der Waals surface area contributed by atoms with Crippen molar-refractivity contribution in [2.45, 2.75) is 18.9 Å². The number of piperidine rings is 1. The molecule has 5 heteroatoms. The Morgan fingerprint density at radius 1 is 1.75 bits per heavy atom. The molecule has 0 aromatic rings. The van der Waals surface area contributed by atoms with Crippen LogP contribution in [-0.2, 0) is 9.59 Å². The van der Waals surface area contributed by atoms with E-state index in [1.54, 1.807) is 0 Å². The van der Waals surface area contributed by atoms with Gasteiger partial charge < -0.3 is 10.4 Å². The number of hydrogen-bond donors (Lipinski definition) is 3. The molecule has 3 N–H and O–H groups in total. The lowest BCUT2D eigenvalue weighted by atomic mass is 10.1. The molecular weight excluding hydrogens is 160 g/mol. The van der Waals surface area contributed by atoms with Gasteiger partial charge in [0.2, 0.25) is 5.91 Å². The fraction of sp³-hybridized carbons (Fsp3) is 0.714. The lowest BCUT2D eigenvalue weighted by Crippen LogP contribution is -2.49. The van der Waals surface area contributed by atoms with Gasteiger partial charge >= 0.3 is 5.97 Å². The minimum atomic E-state index is -0.937. The maximum absolute atomic E-state index is 11.0. The predicted octanol–water partition coefficient (Wildman–Crippen LogP) is -1.06. The van der Waals surface area contributed by atoms with Crippen LogP contribution in [0.3, 0.4) is 0 Å². The lowest BCUT2D eigenvalue weighted by molar-refractivity contribution is -0.136. The third-order valence-electron chi connectivity index (χ3n) is 1.78.